The number of imide groups is 1. The highest BCUT2D eigenvalue weighted by Crippen LogP contribution is 2.77. The van der Waals surface area contributed by atoms with Gasteiger partial charge in [-0.1, -0.05) is 46.4 Å². The highest BCUT2D eigenvalue weighted by Gasteiger charge is 2.87. The first-order valence-corrected chi connectivity index (χ1v) is 8.41. The summed E-state index contributed by atoms with van der Waals surface area (Å²) in [5, 5.41) is -0.141. The smallest absolute Gasteiger partial charge is 0.235 e. The van der Waals surface area contributed by atoms with E-state index in [1.165, 1.54) is 0 Å². The third-order valence-corrected chi connectivity index (χ3v) is 8.72. The fourth-order valence-corrected chi connectivity index (χ4v) is 6.45. The molecule has 2 unspecified atom stereocenters. The van der Waals surface area contributed by atoms with Gasteiger partial charge in [-0.3, -0.25) is 14.5 Å². The number of hydrogen-bond donors (Lipinski definition) is 0. The van der Waals surface area contributed by atoms with Crippen LogP contribution in [0.3, 0.4) is 0 Å². The summed E-state index contributed by atoms with van der Waals surface area (Å²) in [6.07, 6.45) is 0. The second-order valence-corrected chi connectivity index (χ2v) is 9.00. The standard InChI is InChI=1S/C12H9Cl6NO2/c1-3(2)19-8(20)4-5(9(19)21)11(16)7(14)6(13)10(4,15)12(11,17)18/h3-5H,1-2H3/t4-,5+,10?,11?. The first kappa shape index (κ1) is 16.5. The van der Waals surface area contributed by atoms with Crippen molar-refractivity contribution < 1.29 is 9.59 Å². The molecule has 0 aromatic rings. The Morgan fingerprint density at radius 2 is 1.24 bits per heavy atom. The van der Waals surface area contributed by atoms with Gasteiger partial charge in [0.1, 0.15) is 9.75 Å². The lowest BCUT2D eigenvalue weighted by Crippen LogP contribution is -2.51. The zero-order valence-corrected chi connectivity index (χ0v) is 15.3. The summed E-state index contributed by atoms with van der Waals surface area (Å²) in [6, 6.07) is -0.340. The lowest BCUT2D eigenvalue weighted by atomic mass is 9.84. The lowest BCUT2D eigenvalue weighted by Gasteiger charge is -2.35. The molecule has 9 heteroatoms. The first-order valence-electron chi connectivity index (χ1n) is 6.14. The predicted octanol–water partition coefficient (Wildman–Crippen LogP) is 3.84. The van der Waals surface area contributed by atoms with Gasteiger partial charge >= 0.3 is 0 Å². The van der Waals surface area contributed by atoms with E-state index in [1.54, 1.807) is 13.8 Å². The van der Waals surface area contributed by atoms with Crippen molar-refractivity contribution in [2.45, 2.75) is 34.0 Å². The molecule has 2 fully saturated rings. The van der Waals surface area contributed by atoms with E-state index in [9.17, 15) is 9.59 Å². The summed E-state index contributed by atoms with van der Waals surface area (Å²) in [7, 11) is 0. The average molecular weight is 412 g/mol. The van der Waals surface area contributed by atoms with E-state index < -0.39 is 37.7 Å². The fourth-order valence-electron chi connectivity index (χ4n) is 3.53. The molecule has 116 valence electrons. The monoisotopic (exact) mass is 409 g/mol. The van der Waals surface area contributed by atoms with Crippen molar-refractivity contribution in [2.24, 2.45) is 11.8 Å². The quantitative estimate of drug-likeness (QED) is 0.485. The summed E-state index contributed by atoms with van der Waals surface area (Å²) >= 11 is 38.1. The van der Waals surface area contributed by atoms with Gasteiger partial charge < -0.3 is 0 Å². The molecule has 1 saturated carbocycles. The number of amides is 2. The Kier molecular flexibility index (Phi) is 3.43. The predicted molar refractivity (Wildman–Crippen MR) is 84.3 cm³/mol. The number of carbonyl (C=O) groups is 2. The van der Waals surface area contributed by atoms with E-state index in [4.69, 9.17) is 69.6 Å². The summed E-state index contributed by atoms with van der Waals surface area (Å²) < 4.78 is -1.86. The third-order valence-electron chi connectivity index (χ3n) is 4.46. The number of alkyl halides is 4. The van der Waals surface area contributed by atoms with Crippen molar-refractivity contribution in [1.29, 1.82) is 0 Å². The number of hydrogen-bond acceptors (Lipinski definition) is 2. The zero-order valence-electron chi connectivity index (χ0n) is 10.8. The summed E-state index contributed by atoms with van der Waals surface area (Å²) in [5.41, 5.74) is 0. The SMILES string of the molecule is CC(C)N1C(=O)[C@@H]2[C@H](C1=O)C1(Cl)C(Cl)=C(Cl)C2(Cl)C1(Cl)Cl. The topological polar surface area (TPSA) is 37.4 Å². The van der Waals surface area contributed by atoms with Crippen LogP contribution in [0, 0.1) is 11.8 Å². The highest BCUT2D eigenvalue weighted by molar-refractivity contribution is 6.66. The van der Waals surface area contributed by atoms with Crippen LogP contribution in [0.25, 0.3) is 0 Å². The Hall–Kier alpha value is 0.620. The zero-order chi connectivity index (χ0) is 16.1. The number of carbonyl (C=O) groups excluding carboxylic acids is 2. The molecule has 3 aliphatic rings. The largest absolute Gasteiger partial charge is 0.279 e. The van der Waals surface area contributed by atoms with E-state index >= 15 is 0 Å². The molecule has 1 aliphatic heterocycles. The molecule has 3 rings (SSSR count). The van der Waals surface area contributed by atoms with Crippen molar-refractivity contribution in [3.05, 3.63) is 10.1 Å². The number of fused-ring (bicyclic) bond motifs is 5. The summed E-state index contributed by atoms with van der Waals surface area (Å²) in [4.78, 5) is 23.0. The van der Waals surface area contributed by atoms with Gasteiger partial charge in [0.15, 0.2) is 4.33 Å². The molecule has 2 amide bonds. The van der Waals surface area contributed by atoms with Gasteiger partial charge in [0.05, 0.1) is 21.9 Å². The van der Waals surface area contributed by atoms with E-state index in [0.717, 1.165) is 4.90 Å². The van der Waals surface area contributed by atoms with Crippen LogP contribution in [-0.4, -0.2) is 36.8 Å². The summed E-state index contributed by atoms with van der Waals surface area (Å²) in [5.74, 6) is -3.02. The van der Waals surface area contributed by atoms with Gasteiger partial charge in [-0.25, -0.2) is 0 Å². The maximum atomic E-state index is 12.6. The number of nitrogens with zero attached hydrogens (tertiary/aromatic N) is 1. The van der Waals surface area contributed by atoms with Gasteiger partial charge in [-0.2, -0.15) is 0 Å². The number of halogens is 6. The molecule has 1 heterocycles. The molecule has 4 atom stereocenters. The minimum absolute atomic E-state index is 0.0705. The first-order chi connectivity index (χ1) is 9.45. The lowest BCUT2D eigenvalue weighted by molar-refractivity contribution is -0.142. The summed E-state index contributed by atoms with van der Waals surface area (Å²) in [6.45, 7) is 3.43. The number of allylic oxidation sites excluding steroid dienone is 2. The molecule has 0 aromatic carbocycles. The van der Waals surface area contributed by atoms with Crippen LogP contribution in [0.1, 0.15) is 13.8 Å². The van der Waals surface area contributed by atoms with Crippen molar-refractivity contribution in [2.75, 3.05) is 0 Å². The normalized spacial score (nSPS) is 44.3. The Balaban J connectivity index is 2.28. The van der Waals surface area contributed by atoms with E-state index in [1.807, 2.05) is 0 Å². The maximum absolute atomic E-state index is 12.6. The van der Waals surface area contributed by atoms with E-state index in [-0.39, 0.29) is 16.1 Å². The molecular weight excluding hydrogens is 403 g/mol. The van der Waals surface area contributed by atoms with Crippen molar-refractivity contribution in [3.8, 4) is 0 Å². The van der Waals surface area contributed by atoms with Gasteiger partial charge in [0, 0.05) is 6.04 Å². The van der Waals surface area contributed by atoms with Crippen LogP contribution >= 0.6 is 69.6 Å². The van der Waals surface area contributed by atoms with E-state index in [0.29, 0.717) is 0 Å². The molecule has 0 N–H and O–H groups in total. The second kappa shape index (κ2) is 4.37. The molecule has 1 saturated heterocycles. The van der Waals surface area contributed by atoms with Gasteiger partial charge in [0.25, 0.3) is 0 Å². The van der Waals surface area contributed by atoms with Crippen LogP contribution in [0.4, 0.5) is 0 Å². The van der Waals surface area contributed by atoms with Crippen LogP contribution in [0.2, 0.25) is 0 Å². The Morgan fingerprint density at radius 1 is 0.905 bits per heavy atom. The van der Waals surface area contributed by atoms with Crippen molar-refractivity contribution >= 4 is 81.4 Å². The third kappa shape index (κ3) is 1.43. The molecule has 0 spiro atoms. The Labute approximate surface area is 151 Å². The van der Waals surface area contributed by atoms with Crippen molar-refractivity contribution in [3.63, 3.8) is 0 Å². The van der Waals surface area contributed by atoms with Crippen LogP contribution in [-0.2, 0) is 9.59 Å². The Morgan fingerprint density at radius 3 is 1.52 bits per heavy atom. The highest BCUT2D eigenvalue weighted by atomic mass is 35.5. The average Bonchev–Trinajstić information content (AvgIpc) is 2.75. The molecule has 0 aromatic heterocycles. The van der Waals surface area contributed by atoms with Crippen LogP contribution < -0.4 is 0 Å². The van der Waals surface area contributed by atoms with Gasteiger partial charge in [0.2, 0.25) is 11.8 Å². The van der Waals surface area contributed by atoms with Crippen molar-refractivity contribution in [1.82, 2.24) is 4.90 Å². The second-order valence-electron chi connectivity index (χ2n) is 5.72. The molecule has 3 nitrogen and oxygen atoms in total. The van der Waals surface area contributed by atoms with Gasteiger partial charge in [-0.15, -0.1) is 23.2 Å². The molecule has 2 bridgehead atoms. The number of likely N-dealkylation sites (tertiary alicyclic amines) is 1. The minimum Gasteiger partial charge on any atom is -0.279 e. The van der Waals surface area contributed by atoms with Crippen LogP contribution in [0.5, 0.6) is 0 Å². The van der Waals surface area contributed by atoms with Gasteiger partial charge in [-0.05, 0) is 13.8 Å². The maximum Gasteiger partial charge on any atom is 0.235 e. The minimum atomic E-state index is -1.86. The van der Waals surface area contributed by atoms with Crippen LogP contribution in [0.15, 0.2) is 10.1 Å². The molecule has 2 aliphatic carbocycles. The number of rotatable bonds is 1. The molecule has 0 radical (unpaired) electrons. The Bertz CT molecular complexity index is 571. The fraction of sp³-hybridized carbons (Fsp3) is 0.667. The van der Waals surface area contributed by atoms with E-state index in [2.05, 4.69) is 0 Å². The molecule has 21 heavy (non-hydrogen) atoms. The molecular formula is C12H9Cl6NO2.